The zero-order valence-electron chi connectivity index (χ0n) is 13.3. The van der Waals surface area contributed by atoms with Gasteiger partial charge in [-0.3, -0.25) is 9.59 Å². The maximum Gasteiger partial charge on any atom is 0.270 e. The molecule has 0 aromatic carbocycles. The van der Waals surface area contributed by atoms with Gasteiger partial charge in [-0.2, -0.15) is 0 Å². The van der Waals surface area contributed by atoms with Crippen molar-refractivity contribution in [1.29, 1.82) is 0 Å². The molecule has 1 fully saturated rings. The fourth-order valence-electron chi connectivity index (χ4n) is 2.50. The largest absolute Gasteiger partial charge is 0.349 e. The van der Waals surface area contributed by atoms with Crippen LogP contribution in [0.1, 0.15) is 46.7 Å². The van der Waals surface area contributed by atoms with E-state index in [1.165, 1.54) is 0 Å². The molecule has 0 spiro atoms. The second-order valence-electron chi connectivity index (χ2n) is 5.92. The van der Waals surface area contributed by atoms with Crippen molar-refractivity contribution in [3.05, 3.63) is 29.6 Å². The average molecular weight is 304 g/mol. The van der Waals surface area contributed by atoms with E-state index < -0.39 is 0 Å². The van der Waals surface area contributed by atoms with Gasteiger partial charge in [-0.1, -0.05) is 18.9 Å². The van der Waals surface area contributed by atoms with Crippen LogP contribution < -0.4 is 10.6 Å². The minimum absolute atomic E-state index is 0.199. The summed E-state index contributed by atoms with van der Waals surface area (Å²) in [6, 6.07) is 5.20. The second kappa shape index (κ2) is 7.89. The Morgan fingerprint density at radius 2 is 1.82 bits per heavy atom. The number of nitrogens with zero attached hydrogens (tertiary/aromatic N) is 2. The summed E-state index contributed by atoms with van der Waals surface area (Å²) in [6.07, 6.45) is 4.37. The van der Waals surface area contributed by atoms with Crippen molar-refractivity contribution in [2.24, 2.45) is 0 Å². The number of carbonyl (C=O) groups excluding carboxylic acids is 2. The van der Waals surface area contributed by atoms with Gasteiger partial charge < -0.3 is 15.5 Å². The monoisotopic (exact) mass is 304 g/mol. The van der Waals surface area contributed by atoms with E-state index in [4.69, 9.17) is 0 Å². The van der Waals surface area contributed by atoms with E-state index in [-0.39, 0.29) is 23.6 Å². The molecule has 0 saturated heterocycles. The lowest BCUT2D eigenvalue weighted by Gasteiger charge is -2.12. The Labute approximate surface area is 131 Å². The molecule has 120 valence electrons. The average Bonchev–Trinajstić information content (AvgIpc) is 3.00. The van der Waals surface area contributed by atoms with Gasteiger partial charge in [-0.05, 0) is 39.1 Å². The van der Waals surface area contributed by atoms with E-state index in [1.807, 2.05) is 19.0 Å². The summed E-state index contributed by atoms with van der Waals surface area (Å²) >= 11 is 0. The predicted molar refractivity (Wildman–Crippen MR) is 84.8 cm³/mol. The number of pyridine rings is 1. The number of amides is 2. The third kappa shape index (κ3) is 4.80. The molecular weight excluding hydrogens is 280 g/mol. The zero-order valence-corrected chi connectivity index (χ0v) is 13.3. The van der Waals surface area contributed by atoms with E-state index in [0.717, 1.165) is 32.2 Å². The third-order valence-corrected chi connectivity index (χ3v) is 3.75. The Morgan fingerprint density at radius 1 is 1.18 bits per heavy atom. The van der Waals surface area contributed by atoms with Crippen molar-refractivity contribution in [3.8, 4) is 0 Å². The van der Waals surface area contributed by atoms with Crippen molar-refractivity contribution in [1.82, 2.24) is 20.5 Å². The molecule has 0 unspecified atom stereocenters. The van der Waals surface area contributed by atoms with Gasteiger partial charge in [0.25, 0.3) is 11.8 Å². The van der Waals surface area contributed by atoms with E-state index in [1.54, 1.807) is 18.2 Å². The van der Waals surface area contributed by atoms with Crippen LogP contribution in [0, 0.1) is 0 Å². The molecule has 1 aliphatic carbocycles. The van der Waals surface area contributed by atoms with Gasteiger partial charge in [-0.25, -0.2) is 4.98 Å². The minimum atomic E-state index is -0.252. The maximum atomic E-state index is 12.2. The summed E-state index contributed by atoms with van der Waals surface area (Å²) in [7, 11) is 3.89. The number of rotatable bonds is 6. The van der Waals surface area contributed by atoms with E-state index in [0.29, 0.717) is 12.2 Å². The van der Waals surface area contributed by atoms with Crippen molar-refractivity contribution in [3.63, 3.8) is 0 Å². The molecule has 0 aliphatic heterocycles. The first-order valence-electron chi connectivity index (χ1n) is 7.77. The van der Waals surface area contributed by atoms with Crippen molar-refractivity contribution in [2.75, 3.05) is 27.2 Å². The number of carbonyl (C=O) groups is 2. The molecule has 6 heteroatoms. The fourth-order valence-corrected chi connectivity index (χ4v) is 2.50. The Balaban J connectivity index is 1.93. The van der Waals surface area contributed by atoms with Crippen LogP contribution in [0.15, 0.2) is 18.2 Å². The molecule has 22 heavy (non-hydrogen) atoms. The first-order valence-corrected chi connectivity index (χ1v) is 7.77. The van der Waals surface area contributed by atoms with Crippen molar-refractivity contribution < 1.29 is 9.59 Å². The molecule has 1 aromatic rings. The summed E-state index contributed by atoms with van der Waals surface area (Å²) in [5.41, 5.74) is 0.574. The smallest absolute Gasteiger partial charge is 0.270 e. The lowest BCUT2D eigenvalue weighted by molar-refractivity contribution is 0.0931. The number of hydrogen-bond acceptors (Lipinski definition) is 4. The third-order valence-electron chi connectivity index (χ3n) is 3.75. The molecule has 1 aromatic heterocycles. The highest BCUT2D eigenvalue weighted by molar-refractivity contribution is 5.96. The highest BCUT2D eigenvalue weighted by atomic mass is 16.2. The lowest BCUT2D eigenvalue weighted by Crippen LogP contribution is -2.34. The summed E-state index contributed by atoms with van der Waals surface area (Å²) in [6.45, 7) is 1.31. The summed E-state index contributed by atoms with van der Waals surface area (Å²) in [4.78, 5) is 30.3. The molecule has 0 radical (unpaired) electrons. The van der Waals surface area contributed by atoms with E-state index in [9.17, 15) is 9.59 Å². The Kier molecular flexibility index (Phi) is 5.89. The molecule has 2 N–H and O–H groups in total. The quantitative estimate of drug-likeness (QED) is 0.824. The van der Waals surface area contributed by atoms with Gasteiger partial charge in [0.15, 0.2) is 0 Å². The molecule has 0 atom stereocenters. The van der Waals surface area contributed by atoms with Gasteiger partial charge in [-0.15, -0.1) is 0 Å². The highest BCUT2D eigenvalue weighted by Crippen LogP contribution is 2.17. The first kappa shape index (κ1) is 16.4. The molecule has 6 nitrogen and oxygen atoms in total. The molecule has 1 saturated carbocycles. The topological polar surface area (TPSA) is 74.3 Å². The number of aromatic nitrogens is 1. The molecular formula is C16H24N4O2. The SMILES string of the molecule is CN(C)CCNC(=O)c1cccc(C(=O)NC2CCCC2)n1. The van der Waals surface area contributed by atoms with Gasteiger partial charge >= 0.3 is 0 Å². The highest BCUT2D eigenvalue weighted by Gasteiger charge is 2.19. The summed E-state index contributed by atoms with van der Waals surface area (Å²) < 4.78 is 0. The van der Waals surface area contributed by atoms with Crippen LogP contribution in [0.25, 0.3) is 0 Å². The van der Waals surface area contributed by atoms with Crippen molar-refractivity contribution >= 4 is 11.8 Å². The molecule has 2 rings (SSSR count). The fraction of sp³-hybridized carbons (Fsp3) is 0.562. The van der Waals surface area contributed by atoms with Crippen LogP contribution in [-0.2, 0) is 0 Å². The Hall–Kier alpha value is -1.95. The van der Waals surface area contributed by atoms with Crippen LogP contribution in [0.5, 0.6) is 0 Å². The number of hydrogen-bond donors (Lipinski definition) is 2. The zero-order chi connectivity index (χ0) is 15.9. The normalized spacial score (nSPS) is 15.0. The Bertz CT molecular complexity index is 525. The van der Waals surface area contributed by atoms with Gasteiger partial charge in [0.2, 0.25) is 0 Å². The van der Waals surface area contributed by atoms with Gasteiger partial charge in [0.1, 0.15) is 11.4 Å². The van der Waals surface area contributed by atoms with E-state index >= 15 is 0 Å². The maximum absolute atomic E-state index is 12.2. The van der Waals surface area contributed by atoms with Crippen LogP contribution >= 0.6 is 0 Å². The standard InChI is InChI=1S/C16H24N4O2/c1-20(2)11-10-17-15(21)13-8-5-9-14(19-13)16(22)18-12-6-3-4-7-12/h5,8-9,12H,3-4,6-7,10-11H2,1-2H3,(H,17,21)(H,18,22). The predicted octanol–water partition coefficient (Wildman–Crippen LogP) is 1.05. The molecule has 2 amide bonds. The summed E-state index contributed by atoms with van der Waals surface area (Å²) in [5.74, 6) is -0.452. The van der Waals surface area contributed by atoms with Gasteiger partial charge in [0.05, 0.1) is 0 Å². The van der Waals surface area contributed by atoms with Gasteiger partial charge in [0, 0.05) is 19.1 Å². The molecule has 1 heterocycles. The molecule has 1 aliphatic rings. The van der Waals surface area contributed by atoms with E-state index in [2.05, 4.69) is 15.6 Å². The number of likely N-dealkylation sites (N-methyl/N-ethyl adjacent to an activating group) is 1. The molecule has 0 bridgehead atoms. The number of nitrogens with one attached hydrogen (secondary N) is 2. The van der Waals surface area contributed by atoms with Crippen LogP contribution in [0.2, 0.25) is 0 Å². The summed E-state index contributed by atoms with van der Waals surface area (Å²) in [5, 5.41) is 5.77. The van der Waals surface area contributed by atoms with Crippen LogP contribution in [0.4, 0.5) is 0 Å². The first-order chi connectivity index (χ1) is 10.6. The minimum Gasteiger partial charge on any atom is -0.349 e. The van der Waals surface area contributed by atoms with Crippen molar-refractivity contribution in [2.45, 2.75) is 31.7 Å². The second-order valence-corrected chi connectivity index (χ2v) is 5.92. The Morgan fingerprint density at radius 3 is 2.45 bits per heavy atom. The van der Waals surface area contributed by atoms with Crippen LogP contribution in [0.3, 0.4) is 0 Å². The lowest BCUT2D eigenvalue weighted by atomic mass is 10.2. The van der Waals surface area contributed by atoms with Crippen LogP contribution in [-0.4, -0.2) is 54.9 Å².